The van der Waals surface area contributed by atoms with Crippen LogP contribution in [0.5, 0.6) is 11.5 Å². The maximum atomic E-state index is 5.72. The molecule has 0 radical (unpaired) electrons. The highest BCUT2D eigenvalue weighted by molar-refractivity contribution is 5.32. The van der Waals surface area contributed by atoms with E-state index in [0.29, 0.717) is 12.4 Å². The highest BCUT2D eigenvalue weighted by Crippen LogP contribution is 2.18. The number of hydrogen-bond acceptors (Lipinski definition) is 3. The summed E-state index contributed by atoms with van der Waals surface area (Å²) in [5.41, 5.74) is 1.15. The lowest BCUT2D eigenvalue weighted by Gasteiger charge is -2.10. The molecule has 22 heavy (non-hydrogen) atoms. The van der Waals surface area contributed by atoms with Gasteiger partial charge in [0.25, 0.3) is 0 Å². The van der Waals surface area contributed by atoms with Gasteiger partial charge in [-0.15, -0.1) is 0 Å². The van der Waals surface area contributed by atoms with E-state index in [2.05, 4.69) is 26.0 Å². The second-order valence-electron chi connectivity index (χ2n) is 4.73. The zero-order valence-electron chi connectivity index (χ0n) is 13.1. The highest BCUT2D eigenvalue weighted by Gasteiger charge is 1.97. The summed E-state index contributed by atoms with van der Waals surface area (Å²) in [5, 5.41) is 0. The van der Waals surface area contributed by atoms with Gasteiger partial charge >= 0.3 is 0 Å². The molecule has 2 aromatic carbocycles. The zero-order chi connectivity index (χ0) is 15.6. The lowest BCUT2D eigenvalue weighted by Crippen LogP contribution is -2.16. The lowest BCUT2D eigenvalue weighted by atomic mass is 10.2. The average molecular weight is 295 g/mol. The van der Waals surface area contributed by atoms with Crippen molar-refractivity contribution in [2.45, 2.75) is 20.5 Å². The molecular weight excluding hydrogens is 274 g/mol. The van der Waals surface area contributed by atoms with Gasteiger partial charge in [0.05, 0.1) is 6.04 Å². The third-order valence-electron chi connectivity index (χ3n) is 3.21. The minimum Gasteiger partial charge on any atom is -0.489 e. The molecule has 2 rings (SSSR count). The van der Waals surface area contributed by atoms with E-state index in [0.717, 1.165) is 24.4 Å². The number of nitrogens with zero attached hydrogens (tertiary/aromatic N) is 1. The summed E-state index contributed by atoms with van der Waals surface area (Å²) >= 11 is 0. The molecule has 114 valence electrons. The van der Waals surface area contributed by atoms with E-state index in [1.54, 1.807) is 0 Å². The topological polar surface area (TPSA) is 21.7 Å². The standard InChI is InChI=1S/C19H21NO2/c1-3-20(4-2)14-15-21-18-10-12-19(13-11-18)22-16-17-8-6-5-7-9-17/h5-13H,3-4,16H2,1-2H3. The van der Waals surface area contributed by atoms with E-state index < -0.39 is 0 Å². The van der Waals surface area contributed by atoms with Crippen LogP contribution in [0.3, 0.4) is 0 Å². The Morgan fingerprint density at radius 1 is 0.864 bits per heavy atom. The fourth-order valence-electron chi connectivity index (χ4n) is 1.87. The van der Waals surface area contributed by atoms with Crippen LogP contribution in [0, 0.1) is 12.2 Å². The molecule has 0 amide bonds. The van der Waals surface area contributed by atoms with E-state index >= 15 is 0 Å². The second kappa shape index (κ2) is 8.63. The van der Waals surface area contributed by atoms with Gasteiger partial charge in [0.15, 0.2) is 0 Å². The van der Waals surface area contributed by atoms with Crippen molar-refractivity contribution in [3.05, 3.63) is 60.2 Å². The Bertz CT molecular complexity index is 607. The molecule has 2 aromatic rings. The molecule has 0 N–H and O–H groups in total. The SMILES string of the molecule is CCN(C#COc1ccc(OCc2ccccc2)cc1)CC. The first-order chi connectivity index (χ1) is 10.8. The third-order valence-corrected chi connectivity index (χ3v) is 3.21. The van der Waals surface area contributed by atoms with Crippen LogP contribution >= 0.6 is 0 Å². The van der Waals surface area contributed by atoms with Gasteiger partial charge in [-0.1, -0.05) is 30.3 Å². The molecule has 0 spiro atoms. The summed E-state index contributed by atoms with van der Waals surface area (Å²) in [6.07, 6.45) is 2.72. The maximum absolute atomic E-state index is 5.72. The molecule has 0 heterocycles. The van der Waals surface area contributed by atoms with Crippen molar-refractivity contribution in [2.75, 3.05) is 13.1 Å². The van der Waals surface area contributed by atoms with Crippen LogP contribution in [0.4, 0.5) is 0 Å². The molecule has 3 heteroatoms. The van der Waals surface area contributed by atoms with Crippen LogP contribution in [0.15, 0.2) is 54.6 Å². The van der Waals surface area contributed by atoms with Crippen molar-refractivity contribution in [3.63, 3.8) is 0 Å². The molecule has 0 bridgehead atoms. The molecular formula is C19H21NO2. The van der Waals surface area contributed by atoms with Gasteiger partial charge in [-0.2, -0.15) is 0 Å². The Hall–Kier alpha value is -2.60. The first-order valence-electron chi connectivity index (χ1n) is 7.51. The zero-order valence-corrected chi connectivity index (χ0v) is 13.1. The maximum Gasteiger partial charge on any atom is 0.140 e. The van der Waals surface area contributed by atoms with Crippen LogP contribution in [-0.2, 0) is 6.61 Å². The van der Waals surface area contributed by atoms with E-state index in [1.165, 1.54) is 0 Å². The summed E-state index contributed by atoms with van der Waals surface area (Å²) in [6, 6.07) is 20.5. The summed E-state index contributed by atoms with van der Waals surface area (Å²) in [6.45, 7) is 6.47. The largest absolute Gasteiger partial charge is 0.489 e. The first kappa shape index (κ1) is 15.8. The van der Waals surface area contributed by atoms with Crippen LogP contribution in [-0.4, -0.2) is 18.0 Å². The predicted octanol–water partition coefficient (Wildman–Crippen LogP) is 3.90. The molecule has 0 aromatic heterocycles. The van der Waals surface area contributed by atoms with Crippen molar-refractivity contribution in [3.8, 4) is 23.6 Å². The summed E-state index contributed by atoms with van der Waals surface area (Å²) in [7, 11) is 0. The minimum atomic E-state index is 0.558. The molecule has 0 saturated carbocycles. The molecule has 0 aliphatic carbocycles. The van der Waals surface area contributed by atoms with Crippen LogP contribution < -0.4 is 9.47 Å². The van der Waals surface area contributed by atoms with Gasteiger partial charge in [-0.3, -0.25) is 0 Å². The Balaban J connectivity index is 1.85. The fourth-order valence-corrected chi connectivity index (χ4v) is 1.87. The normalized spacial score (nSPS) is 9.55. The van der Waals surface area contributed by atoms with E-state index in [9.17, 15) is 0 Å². The van der Waals surface area contributed by atoms with Crippen LogP contribution in [0.1, 0.15) is 19.4 Å². The van der Waals surface area contributed by atoms with Crippen LogP contribution in [0.2, 0.25) is 0 Å². The monoisotopic (exact) mass is 295 g/mol. The lowest BCUT2D eigenvalue weighted by molar-refractivity contribution is 0.306. The number of rotatable bonds is 6. The van der Waals surface area contributed by atoms with Gasteiger partial charge in [-0.25, -0.2) is 0 Å². The molecule has 3 nitrogen and oxygen atoms in total. The van der Waals surface area contributed by atoms with Crippen molar-refractivity contribution >= 4 is 0 Å². The average Bonchev–Trinajstić information content (AvgIpc) is 2.59. The quantitative estimate of drug-likeness (QED) is 0.596. The summed E-state index contributed by atoms with van der Waals surface area (Å²) < 4.78 is 11.1. The Morgan fingerprint density at radius 3 is 2.14 bits per heavy atom. The Kier molecular flexibility index (Phi) is 6.19. The first-order valence-corrected chi connectivity index (χ1v) is 7.51. The van der Waals surface area contributed by atoms with Gasteiger partial charge in [-0.05, 0) is 43.7 Å². The van der Waals surface area contributed by atoms with Crippen LogP contribution in [0.25, 0.3) is 0 Å². The molecule has 0 aliphatic heterocycles. The summed E-state index contributed by atoms with van der Waals surface area (Å²) in [4.78, 5) is 1.98. The van der Waals surface area contributed by atoms with Gasteiger partial charge in [0.2, 0.25) is 0 Å². The fraction of sp³-hybridized carbons (Fsp3) is 0.263. The van der Waals surface area contributed by atoms with Gasteiger partial charge < -0.3 is 14.4 Å². The number of hydrogen-bond donors (Lipinski definition) is 0. The smallest absolute Gasteiger partial charge is 0.140 e. The van der Waals surface area contributed by atoms with E-state index in [1.807, 2.05) is 59.5 Å². The predicted molar refractivity (Wildman–Crippen MR) is 88.5 cm³/mol. The van der Waals surface area contributed by atoms with Crippen molar-refractivity contribution < 1.29 is 9.47 Å². The molecule has 0 aliphatic rings. The molecule has 0 fully saturated rings. The van der Waals surface area contributed by atoms with Crippen molar-refractivity contribution in [1.29, 1.82) is 0 Å². The second-order valence-corrected chi connectivity index (χ2v) is 4.73. The molecule has 0 atom stereocenters. The minimum absolute atomic E-state index is 0.558. The Labute approximate surface area is 132 Å². The van der Waals surface area contributed by atoms with Gasteiger partial charge in [0.1, 0.15) is 24.2 Å². The number of ether oxygens (including phenoxy) is 2. The Morgan fingerprint density at radius 2 is 1.50 bits per heavy atom. The molecule has 0 saturated heterocycles. The highest BCUT2D eigenvalue weighted by atomic mass is 16.5. The summed E-state index contributed by atoms with van der Waals surface area (Å²) in [5.74, 6) is 1.53. The van der Waals surface area contributed by atoms with Crippen molar-refractivity contribution in [1.82, 2.24) is 4.90 Å². The number of benzene rings is 2. The van der Waals surface area contributed by atoms with E-state index in [-0.39, 0.29) is 0 Å². The third kappa shape index (κ3) is 5.06. The van der Waals surface area contributed by atoms with E-state index in [4.69, 9.17) is 9.47 Å². The van der Waals surface area contributed by atoms with Gasteiger partial charge in [0, 0.05) is 13.1 Å². The van der Waals surface area contributed by atoms with Crippen molar-refractivity contribution in [2.24, 2.45) is 0 Å². The molecule has 0 unspecified atom stereocenters.